The molecule has 0 aromatic carbocycles. The summed E-state index contributed by atoms with van der Waals surface area (Å²) in [5, 5.41) is 3.24. The van der Waals surface area contributed by atoms with Gasteiger partial charge in [0.1, 0.15) is 5.82 Å². The maximum absolute atomic E-state index is 4.24. The van der Waals surface area contributed by atoms with E-state index in [4.69, 9.17) is 0 Å². The lowest BCUT2D eigenvalue weighted by molar-refractivity contribution is 1.03. The standard InChI is InChI=1S/C12H14N4/c1-9-3-4-11(7-15-9)8-16-12-10(2)13-5-6-14-12/h3-7H,8H2,1-2H3,(H,14,16). The number of nitrogens with zero attached hydrogens (tertiary/aromatic N) is 3. The molecule has 2 heterocycles. The van der Waals surface area contributed by atoms with E-state index < -0.39 is 0 Å². The van der Waals surface area contributed by atoms with Crippen molar-refractivity contribution in [2.24, 2.45) is 0 Å². The summed E-state index contributed by atoms with van der Waals surface area (Å²) in [5.74, 6) is 0.822. The van der Waals surface area contributed by atoms with Crippen molar-refractivity contribution in [2.45, 2.75) is 20.4 Å². The maximum Gasteiger partial charge on any atom is 0.147 e. The van der Waals surface area contributed by atoms with E-state index in [0.717, 1.165) is 22.8 Å². The predicted octanol–water partition coefficient (Wildman–Crippen LogP) is 2.10. The van der Waals surface area contributed by atoms with Gasteiger partial charge in [-0.25, -0.2) is 4.98 Å². The quantitative estimate of drug-likeness (QED) is 0.850. The van der Waals surface area contributed by atoms with Gasteiger partial charge in [-0.15, -0.1) is 0 Å². The van der Waals surface area contributed by atoms with E-state index in [0.29, 0.717) is 6.54 Å². The Morgan fingerprint density at radius 3 is 2.56 bits per heavy atom. The second-order valence-electron chi connectivity index (χ2n) is 3.65. The van der Waals surface area contributed by atoms with Crippen molar-refractivity contribution in [3.8, 4) is 0 Å². The first-order chi connectivity index (χ1) is 7.75. The molecule has 0 atom stereocenters. The largest absolute Gasteiger partial charge is 0.364 e. The van der Waals surface area contributed by atoms with Gasteiger partial charge in [-0.2, -0.15) is 0 Å². The summed E-state index contributed by atoms with van der Waals surface area (Å²) >= 11 is 0. The summed E-state index contributed by atoms with van der Waals surface area (Å²) in [6.07, 6.45) is 5.24. The molecule has 0 fully saturated rings. The number of anilines is 1. The molecule has 1 N–H and O–H groups in total. The average molecular weight is 214 g/mol. The molecule has 16 heavy (non-hydrogen) atoms. The van der Waals surface area contributed by atoms with Gasteiger partial charge < -0.3 is 5.32 Å². The molecular weight excluding hydrogens is 200 g/mol. The molecule has 2 aromatic rings. The van der Waals surface area contributed by atoms with E-state index in [2.05, 4.69) is 26.3 Å². The van der Waals surface area contributed by atoms with Crippen molar-refractivity contribution >= 4 is 5.82 Å². The topological polar surface area (TPSA) is 50.7 Å². The molecular formula is C12H14N4. The maximum atomic E-state index is 4.24. The smallest absolute Gasteiger partial charge is 0.147 e. The molecule has 2 aromatic heterocycles. The summed E-state index contributed by atoms with van der Waals surface area (Å²) in [4.78, 5) is 12.6. The lowest BCUT2D eigenvalue weighted by atomic mass is 10.2. The molecule has 4 heteroatoms. The molecule has 0 saturated carbocycles. The summed E-state index contributed by atoms with van der Waals surface area (Å²) in [7, 11) is 0. The average Bonchev–Trinajstić information content (AvgIpc) is 2.30. The van der Waals surface area contributed by atoms with Crippen LogP contribution >= 0.6 is 0 Å². The van der Waals surface area contributed by atoms with Crippen LogP contribution in [0.25, 0.3) is 0 Å². The van der Waals surface area contributed by atoms with E-state index >= 15 is 0 Å². The van der Waals surface area contributed by atoms with Crippen LogP contribution in [0.3, 0.4) is 0 Å². The van der Waals surface area contributed by atoms with Crippen LogP contribution in [0.5, 0.6) is 0 Å². The summed E-state index contributed by atoms with van der Waals surface area (Å²) < 4.78 is 0. The first-order valence-corrected chi connectivity index (χ1v) is 5.19. The van der Waals surface area contributed by atoms with Gasteiger partial charge in [0.25, 0.3) is 0 Å². The number of hydrogen-bond acceptors (Lipinski definition) is 4. The number of aromatic nitrogens is 3. The highest BCUT2D eigenvalue weighted by Crippen LogP contribution is 2.08. The number of rotatable bonds is 3. The molecule has 2 rings (SSSR count). The van der Waals surface area contributed by atoms with Crippen LogP contribution in [-0.2, 0) is 6.54 Å². The highest BCUT2D eigenvalue weighted by atomic mass is 15.0. The van der Waals surface area contributed by atoms with Crippen molar-refractivity contribution in [3.05, 3.63) is 47.7 Å². The number of pyridine rings is 1. The van der Waals surface area contributed by atoms with Crippen molar-refractivity contribution in [1.29, 1.82) is 0 Å². The van der Waals surface area contributed by atoms with Crippen molar-refractivity contribution in [2.75, 3.05) is 5.32 Å². The van der Waals surface area contributed by atoms with E-state index in [-0.39, 0.29) is 0 Å². The molecule has 0 amide bonds. The number of hydrogen-bond donors (Lipinski definition) is 1. The second kappa shape index (κ2) is 4.70. The normalized spacial score (nSPS) is 10.1. The molecule has 0 aliphatic rings. The van der Waals surface area contributed by atoms with Gasteiger partial charge in [0.15, 0.2) is 0 Å². The van der Waals surface area contributed by atoms with Crippen LogP contribution in [0.15, 0.2) is 30.7 Å². The Kier molecular flexibility index (Phi) is 3.10. The van der Waals surface area contributed by atoms with E-state index in [1.807, 2.05) is 26.1 Å². The number of nitrogens with one attached hydrogen (secondary N) is 1. The van der Waals surface area contributed by atoms with E-state index in [1.54, 1.807) is 12.4 Å². The van der Waals surface area contributed by atoms with Crippen molar-refractivity contribution in [1.82, 2.24) is 15.0 Å². The van der Waals surface area contributed by atoms with Gasteiger partial charge in [-0.05, 0) is 25.5 Å². The Balaban J connectivity index is 2.02. The minimum Gasteiger partial charge on any atom is -0.364 e. The molecule has 0 radical (unpaired) electrons. The second-order valence-corrected chi connectivity index (χ2v) is 3.65. The molecule has 0 bridgehead atoms. The fourth-order valence-electron chi connectivity index (χ4n) is 1.37. The predicted molar refractivity (Wildman–Crippen MR) is 63.1 cm³/mol. The van der Waals surface area contributed by atoms with Gasteiger partial charge in [0.2, 0.25) is 0 Å². The molecule has 0 unspecified atom stereocenters. The van der Waals surface area contributed by atoms with E-state index in [9.17, 15) is 0 Å². The van der Waals surface area contributed by atoms with Crippen LogP contribution in [-0.4, -0.2) is 15.0 Å². The zero-order valence-electron chi connectivity index (χ0n) is 9.44. The van der Waals surface area contributed by atoms with E-state index in [1.165, 1.54) is 0 Å². The SMILES string of the molecule is Cc1ccc(CNc2nccnc2C)cn1. The zero-order valence-corrected chi connectivity index (χ0v) is 9.44. The Morgan fingerprint density at radius 2 is 1.88 bits per heavy atom. The van der Waals surface area contributed by atoms with Gasteiger partial charge in [0.05, 0.1) is 5.69 Å². The lowest BCUT2D eigenvalue weighted by Crippen LogP contribution is -2.04. The summed E-state index contributed by atoms with van der Waals surface area (Å²) in [6.45, 7) is 4.62. The molecule has 82 valence electrons. The van der Waals surface area contributed by atoms with Gasteiger partial charge >= 0.3 is 0 Å². The fraction of sp³-hybridized carbons (Fsp3) is 0.250. The highest BCUT2D eigenvalue weighted by molar-refractivity contribution is 5.39. The molecule has 0 aliphatic carbocycles. The minimum atomic E-state index is 0.715. The van der Waals surface area contributed by atoms with Crippen LogP contribution in [0.2, 0.25) is 0 Å². The van der Waals surface area contributed by atoms with Crippen LogP contribution in [0.1, 0.15) is 17.0 Å². The number of aryl methyl sites for hydroxylation is 2. The molecule has 0 spiro atoms. The zero-order chi connectivity index (χ0) is 11.4. The monoisotopic (exact) mass is 214 g/mol. The summed E-state index contributed by atoms with van der Waals surface area (Å²) in [6, 6.07) is 4.06. The molecule has 0 saturated heterocycles. The third-order valence-electron chi connectivity index (χ3n) is 2.31. The van der Waals surface area contributed by atoms with Crippen LogP contribution in [0, 0.1) is 13.8 Å². The van der Waals surface area contributed by atoms with Crippen molar-refractivity contribution < 1.29 is 0 Å². The summed E-state index contributed by atoms with van der Waals surface area (Å²) in [5.41, 5.74) is 3.07. The Hall–Kier alpha value is -1.97. The van der Waals surface area contributed by atoms with Gasteiger partial charge in [0, 0.05) is 30.8 Å². The van der Waals surface area contributed by atoms with Gasteiger partial charge in [-0.1, -0.05) is 6.07 Å². The highest BCUT2D eigenvalue weighted by Gasteiger charge is 1.99. The van der Waals surface area contributed by atoms with Gasteiger partial charge in [-0.3, -0.25) is 9.97 Å². The first-order valence-electron chi connectivity index (χ1n) is 5.19. The minimum absolute atomic E-state index is 0.715. The van der Waals surface area contributed by atoms with Crippen molar-refractivity contribution in [3.63, 3.8) is 0 Å². The Morgan fingerprint density at radius 1 is 1.06 bits per heavy atom. The third-order valence-corrected chi connectivity index (χ3v) is 2.31. The Bertz CT molecular complexity index is 465. The lowest BCUT2D eigenvalue weighted by Gasteiger charge is -2.07. The first kappa shape index (κ1) is 10.5. The van der Waals surface area contributed by atoms with Crippen LogP contribution in [0.4, 0.5) is 5.82 Å². The third kappa shape index (κ3) is 2.53. The fourth-order valence-corrected chi connectivity index (χ4v) is 1.37. The molecule has 4 nitrogen and oxygen atoms in total. The molecule has 0 aliphatic heterocycles. The Labute approximate surface area is 94.8 Å². The van der Waals surface area contributed by atoms with Crippen LogP contribution < -0.4 is 5.32 Å².